The molecule has 3 rings (SSSR count). The highest BCUT2D eigenvalue weighted by Crippen LogP contribution is 2.33. The van der Waals surface area contributed by atoms with Crippen LogP contribution in [-0.2, 0) is 0 Å². The first-order valence-electron chi connectivity index (χ1n) is 7.15. The van der Waals surface area contributed by atoms with Crippen molar-refractivity contribution in [3.63, 3.8) is 0 Å². The number of hydrogen-bond donors (Lipinski definition) is 3. The number of nitrogens with one attached hydrogen (secondary N) is 1. The first-order valence-corrected chi connectivity index (χ1v) is 7.15. The van der Waals surface area contributed by atoms with Crippen LogP contribution in [0.5, 0.6) is 11.5 Å². The molecule has 3 unspecified atom stereocenters. The Morgan fingerprint density at radius 3 is 2.84 bits per heavy atom. The van der Waals surface area contributed by atoms with Gasteiger partial charge in [0.1, 0.15) is 11.5 Å². The van der Waals surface area contributed by atoms with Crippen LogP contribution in [-0.4, -0.2) is 40.3 Å². The molecular formula is C15H22N2O2. The molecule has 2 fully saturated rings. The van der Waals surface area contributed by atoms with Gasteiger partial charge in [-0.2, -0.15) is 0 Å². The summed E-state index contributed by atoms with van der Waals surface area (Å²) in [5.41, 5.74) is 0.817. The summed E-state index contributed by atoms with van der Waals surface area (Å²) < 4.78 is 0. The van der Waals surface area contributed by atoms with Crippen molar-refractivity contribution in [2.24, 2.45) is 0 Å². The summed E-state index contributed by atoms with van der Waals surface area (Å²) in [6.07, 6.45) is 3.71. The van der Waals surface area contributed by atoms with Gasteiger partial charge in [-0.05, 0) is 44.4 Å². The van der Waals surface area contributed by atoms with E-state index in [1.807, 2.05) is 0 Å². The second-order valence-corrected chi connectivity index (χ2v) is 5.84. The smallest absolute Gasteiger partial charge is 0.120 e. The topological polar surface area (TPSA) is 55.7 Å². The Kier molecular flexibility index (Phi) is 3.37. The van der Waals surface area contributed by atoms with E-state index >= 15 is 0 Å². The first-order chi connectivity index (χ1) is 9.13. The third kappa shape index (κ3) is 2.55. The summed E-state index contributed by atoms with van der Waals surface area (Å²) in [4.78, 5) is 2.41. The molecule has 3 atom stereocenters. The maximum Gasteiger partial charge on any atom is 0.120 e. The van der Waals surface area contributed by atoms with Crippen molar-refractivity contribution in [1.29, 1.82) is 0 Å². The Bertz CT molecular complexity index is 463. The van der Waals surface area contributed by atoms with Gasteiger partial charge in [-0.15, -0.1) is 0 Å². The number of likely N-dealkylation sites (tertiary alicyclic amines) is 1. The van der Waals surface area contributed by atoms with Crippen molar-refractivity contribution in [2.75, 3.05) is 13.1 Å². The standard InChI is InChI=1S/C15H22N2O2/c1-10(14-8-13(18)4-5-15(14)19)17-7-6-11-2-3-12(9-17)16-11/h4-5,8,10-12,16,18-19H,2-3,6-7,9H2,1H3. The molecule has 104 valence electrons. The van der Waals surface area contributed by atoms with Gasteiger partial charge in [0.25, 0.3) is 0 Å². The number of phenolic OH excluding ortho intramolecular Hbond substituents is 2. The largest absolute Gasteiger partial charge is 0.508 e. The molecule has 0 saturated carbocycles. The van der Waals surface area contributed by atoms with E-state index in [1.165, 1.54) is 25.3 Å². The van der Waals surface area contributed by atoms with Crippen molar-refractivity contribution in [2.45, 2.75) is 44.3 Å². The number of nitrogens with zero attached hydrogens (tertiary/aromatic N) is 1. The first kappa shape index (κ1) is 12.8. The summed E-state index contributed by atoms with van der Waals surface area (Å²) in [5.74, 6) is 0.488. The van der Waals surface area contributed by atoms with Crippen LogP contribution in [0.25, 0.3) is 0 Å². The number of rotatable bonds is 2. The predicted octanol–water partition coefficient (Wildman–Crippen LogP) is 1.99. The molecule has 19 heavy (non-hydrogen) atoms. The Hall–Kier alpha value is -1.26. The van der Waals surface area contributed by atoms with Gasteiger partial charge in [0.05, 0.1) is 0 Å². The number of aromatic hydroxyl groups is 2. The van der Waals surface area contributed by atoms with Crippen LogP contribution in [0.15, 0.2) is 18.2 Å². The van der Waals surface area contributed by atoms with Crippen molar-refractivity contribution >= 4 is 0 Å². The summed E-state index contributed by atoms with van der Waals surface area (Å²) >= 11 is 0. The molecule has 1 aromatic carbocycles. The van der Waals surface area contributed by atoms with Crippen molar-refractivity contribution in [1.82, 2.24) is 10.2 Å². The van der Waals surface area contributed by atoms with Crippen LogP contribution in [0.4, 0.5) is 0 Å². The normalized spacial score (nSPS) is 29.1. The van der Waals surface area contributed by atoms with E-state index in [0.29, 0.717) is 12.1 Å². The van der Waals surface area contributed by atoms with Crippen LogP contribution in [0.3, 0.4) is 0 Å². The highest BCUT2D eigenvalue weighted by atomic mass is 16.3. The second-order valence-electron chi connectivity index (χ2n) is 5.84. The lowest BCUT2D eigenvalue weighted by molar-refractivity contribution is 0.196. The number of benzene rings is 1. The van der Waals surface area contributed by atoms with E-state index in [0.717, 1.165) is 18.7 Å². The number of hydrogen-bond acceptors (Lipinski definition) is 4. The minimum absolute atomic E-state index is 0.133. The molecule has 1 aromatic rings. The van der Waals surface area contributed by atoms with Crippen LogP contribution in [0.2, 0.25) is 0 Å². The van der Waals surface area contributed by atoms with Gasteiger partial charge in [0, 0.05) is 36.8 Å². The molecule has 2 aliphatic heterocycles. The molecule has 0 aromatic heterocycles. The van der Waals surface area contributed by atoms with Crippen LogP contribution < -0.4 is 5.32 Å². The molecule has 4 heteroatoms. The molecule has 0 aliphatic carbocycles. The maximum absolute atomic E-state index is 9.98. The van der Waals surface area contributed by atoms with E-state index in [1.54, 1.807) is 12.1 Å². The number of fused-ring (bicyclic) bond motifs is 2. The molecule has 2 aliphatic rings. The number of phenols is 2. The van der Waals surface area contributed by atoms with Gasteiger partial charge >= 0.3 is 0 Å². The van der Waals surface area contributed by atoms with E-state index in [9.17, 15) is 10.2 Å². The lowest BCUT2D eigenvalue weighted by atomic mass is 10.0. The Morgan fingerprint density at radius 2 is 2.00 bits per heavy atom. The fourth-order valence-corrected chi connectivity index (χ4v) is 3.40. The molecule has 0 amide bonds. The van der Waals surface area contributed by atoms with Crippen molar-refractivity contribution < 1.29 is 10.2 Å². The van der Waals surface area contributed by atoms with E-state index in [4.69, 9.17) is 0 Å². The molecule has 2 saturated heterocycles. The third-order valence-electron chi connectivity index (χ3n) is 4.56. The molecule has 0 spiro atoms. The average Bonchev–Trinajstić information content (AvgIpc) is 2.71. The summed E-state index contributed by atoms with van der Waals surface area (Å²) in [6, 6.07) is 6.15. The zero-order valence-corrected chi connectivity index (χ0v) is 11.3. The molecular weight excluding hydrogens is 240 g/mol. The predicted molar refractivity (Wildman–Crippen MR) is 74.3 cm³/mol. The van der Waals surface area contributed by atoms with Crippen molar-refractivity contribution in [3.05, 3.63) is 23.8 Å². The van der Waals surface area contributed by atoms with Crippen LogP contribution >= 0.6 is 0 Å². The molecule has 3 N–H and O–H groups in total. The summed E-state index contributed by atoms with van der Waals surface area (Å²) in [5, 5.41) is 23.2. The molecule has 4 nitrogen and oxygen atoms in total. The van der Waals surface area contributed by atoms with Gasteiger partial charge in [0.15, 0.2) is 0 Å². The molecule has 0 radical (unpaired) electrons. The lowest BCUT2D eigenvalue weighted by Crippen LogP contribution is -2.36. The Labute approximate surface area is 114 Å². The lowest BCUT2D eigenvalue weighted by Gasteiger charge is -2.31. The van der Waals surface area contributed by atoms with Crippen LogP contribution in [0.1, 0.15) is 37.8 Å². The molecule has 2 bridgehead atoms. The van der Waals surface area contributed by atoms with Gasteiger partial charge in [-0.1, -0.05) is 0 Å². The highest BCUT2D eigenvalue weighted by Gasteiger charge is 2.31. The van der Waals surface area contributed by atoms with Gasteiger partial charge < -0.3 is 15.5 Å². The zero-order valence-electron chi connectivity index (χ0n) is 11.3. The zero-order chi connectivity index (χ0) is 13.4. The minimum Gasteiger partial charge on any atom is -0.508 e. The highest BCUT2D eigenvalue weighted by molar-refractivity contribution is 5.40. The molecule has 2 heterocycles. The fourth-order valence-electron chi connectivity index (χ4n) is 3.40. The van der Waals surface area contributed by atoms with Crippen LogP contribution in [0, 0.1) is 0 Å². The van der Waals surface area contributed by atoms with Gasteiger partial charge in [0.2, 0.25) is 0 Å². The quantitative estimate of drug-likeness (QED) is 0.713. The average molecular weight is 262 g/mol. The van der Waals surface area contributed by atoms with E-state index in [-0.39, 0.29) is 17.5 Å². The van der Waals surface area contributed by atoms with Crippen molar-refractivity contribution in [3.8, 4) is 11.5 Å². The Morgan fingerprint density at radius 1 is 1.21 bits per heavy atom. The fraction of sp³-hybridized carbons (Fsp3) is 0.600. The van der Waals surface area contributed by atoms with E-state index < -0.39 is 0 Å². The maximum atomic E-state index is 9.98. The second kappa shape index (κ2) is 5.02. The minimum atomic E-state index is 0.133. The summed E-state index contributed by atoms with van der Waals surface area (Å²) in [7, 11) is 0. The van der Waals surface area contributed by atoms with Gasteiger partial charge in [-0.25, -0.2) is 0 Å². The van der Waals surface area contributed by atoms with E-state index in [2.05, 4.69) is 17.1 Å². The third-order valence-corrected chi connectivity index (χ3v) is 4.56. The summed E-state index contributed by atoms with van der Waals surface area (Å²) in [6.45, 7) is 4.17. The van der Waals surface area contributed by atoms with Gasteiger partial charge in [-0.3, -0.25) is 4.90 Å². The Balaban J connectivity index is 1.79. The SMILES string of the molecule is CC(c1cc(O)ccc1O)N1CCC2CCC(C1)N2. The monoisotopic (exact) mass is 262 g/mol.